The summed E-state index contributed by atoms with van der Waals surface area (Å²) in [7, 11) is -4.64. The van der Waals surface area contributed by atoms with Gasteiger partial charge in [-0.15, -0.1) is 0 Å². The van der Waals surface area contributed by atoms with E-state index >= 15 is 0 Å². The second-order valence-electron chi connectivity index (χ2n) is 0.513. The Labute approximate surface area is 124 Å². The molecular formula is H11BeCaFeMnO6P. The number of rotatable bonds is 0. The van der Waals surface area contributed by atoms with E-state index in [1.165, 1.54) is 0 Å². The Hall–Kier alpha value is 2.50. The van der Waals surface area contributed by atoms with Gasteiger partial charge in [0.2, 0.25) is 0 Å². The molecule has 0 rings (SSSR count). The summed E-state index contributed by atoms with van der Waals surface area (Å²) in [5.41, 5.74) is 0. The second kappa shape index (κ2) is 22.9. The minimum absolute atomic E-state index is 0. The Balaban J connectivity index is -0.00000000178. The summed E-state index contributed by atoms with van der Waals surface area (Å²) in [6.45, 7) is 0. The van der Waals surface area contributed by atoms with Gasteiger partial charge >= 0.3 is 55.7 Å². The average molecular weight is 298 g/mol. The molecule has 71 valence electrons. The van der Waals surface area contributed by atoms with E-state index in [1.54, 1.807) is 0 Å². The van der Waals surface area contributed by atoms with Crippen LogP contribution in [-0.4, -0.2) is 73.5 Å². The summed E-state index contributed by atoms with van der Waals surface area (Å²) < 4.78 is 8.88. The van der Waals surface area contributed by atoms with E-state index in [9.17, 15) is 0 Å². The van der Waals surface area contributed by atoms with Crippen molar-refractivity contribution in [2.24, 2.45) is 0 Å². The molecule has 6 nitrogen and oxygen atoms in total. The van der Waals surface area contributed by atoms with Crippen molar-refractivity contribution in [2.75, 3.05) is 0 Å². The molecule has 0 saturated carbocycles. The van der Waals surface area contributed by atoms with Gasteiger partial charge in [0, 0.05) is 34.1 Å². The molecule has 0 aliphatic carbocycles. The van der Waals surface area contributed by atoms with Crippen molar-refractivity contribution in [3.63, 3.8) is 0 Å². The van der Waals surface area contributed by atoms with Crippen molar-refractivity contribution < 1.29 is 70.0 Å². The Morgan fingerprint density at radius 1 is 1.09 bits per heavy atom. The van der Waals surface area contributed by atoms with Crippen molar-refractivity contribution in [3.05, 3.63) is 0 Å². The first-order valence-electron chi connectivity index (χ1n) is 0.783. The van der Waals surface area contributed by atoms with E-state index in [-0.39, 0.29) is 98.7 Å². The summed E-state index contributed by atoms with van der Waals surface area (Å²) in [5, 5.41) is 0. The fourth-order valence-electron chi connectivity index (χ4n) is 0. The molecule has 0 amide bonds. The molecule has 0 aliphatic rings. The molecule has 11 heavy (non-hydrogen) atoms. The molecule has 7 N–H and O–H groups in total. The van der Waals surface area contributed by atoms with Gasteiger partial charge in [0.25, 0.3) is 0 Å². The third-order valence-electron chi connectivity index (χ3n) is 0. The number of phosphoric acid groups is 1. The zero-order valence-electron chi connectivity index (χ0n) is 9.34. The quantitative estimate of drug-likeness (QED) is 0.326. The van der Waals surface area contributed by atoms with E-state index in [0.29, 0.717) is 0 Å². The Morgan fingerprint density at radius 3 is 1.09 bits per heavy atom. The van der Waals surface area contributed by atoms with Crippen molar-refractivity contribution >= 4 is 55.7 Å². The Morgan fingerprint density at radius 2 is 1.09 bits per heavy atom. The fourth-order valence-corrected chi connectivity index (χ4v) is 0. The van der Waals surface area contributed by atoms with Crippen LogP contribution >= 0.6 is 7.82 Å². The first-order chi connectivity index (χ1) is 2.00. The van der Waals surface area contributed by atoms with Crippen molar-refractivity contribution in [3.8, 4) is 0 Å². The maximum absolute atomic E-state index is 8.88. The van der Waals surface area contributed by atoms with E-state index in [4.69, 9.17) is 19.2 Å². The fraction of sp³-hybridized carbons (Fsp3) is 0. The third kappa shape index (κ3) is 221. The van der Waals surface area contributed by atoms with Crippen LogP contribution in [0.3, 0.4) is 0 Å². The molecule has 0 aromatic rings. The van der Waals surface area contributed by atoms with Crippen molar-refractivity contribution in [2.45, 2.75) is 0 Å². The molecule has 0 atom stereocenters. The summed E-state index contributed by atoms with van der Waals surface area (Å²) in [6.07, 6.45) is 0. The monoisotopic (exact) mass is 298 g/mol. The molecule has 11 heteroatoms. The van der Waals surface area contributed by atoms with Crippen LogP contribution in [0.1, 0.15) is 5.71 Å². The maximum atomic E-state index is 8.88. The molecule has 1 radical (unpaired) electrons. The number of hydrogen-bond acceptors (Lipinski definition) is 1. The van der Waals surface area contributed by atoms with Gasteiger partial charge in [-0.3, -0.25) is 0 Å². The third-order valence-corrected chi connectivity index (χ3v) is 0. The van der Waals surface area contributed by atoms with Gasteiger partial charge in [-0.2, -0.15) is 0 Å². The Bertz CT molecular complexity index is 81.3. The molecule has 0 aromatic carbocycles. The molecule has 0 fully saturated rings. The summed E-state index contributed by atoms with van der Waals surface area (Å²) >= 11 is 0. The standard InChI is InChI=1S/Be.Ca.Fe.Mn.H3O4P.2H2O.4H/c;;;;1-5(2,3)4;;;;;;/h;;;;(H3,1,2,3,4);2*1H2;;;;/q2*+2;;;;;;4*-1. The maximum Gasteiger partial charge on any atom is 2.00 e. The normalized spacial score (nSPS) is 5.36. The molecule has 0 unspecified atom stereocenters. The van der Waals surface area contributed by atoms with Crippen LogP contribution in [0.15, 0.2) is 0 Å². The largest absolute Gasteiger partial charge is 2.00 e. The van der Waals surface area contributed by atoms with Gasteiger partial charge in [-0.05, 0) is 0 Å². The van der Waals surface area contributed by atoms with E-state index in [0.717, 1.165) is 0 Å². The van der Waals surface area contributed by atoms with Gasteiger partial charge in [-0.25, -0.2) is 4.57 Å². The van der Waals surface area contributed by atoms with Crippen LogP contribution in [0.5, 0.6) is 0 Å². The zero-order chi connectivity index (χ0) is 4.50. The van der Waals surface area contributed by atoms with Crippen LogP contribution < -0.4 is 0 Å². The predicted molar refractivity (Wildman–Crippen MR) is 37.4 cm³/mol. The van der Waals surface area contributed by atoms with Gasteiger partial charge in [0.1, 0.15) is 0 Å². The van der Waals surface area contributed by atoms with Crippen LogP contribution in [-0.2, 0) is 38.7 Å². The molecule has 0 aliphatic heterocycles. The van der Waals surface area contributed by atoms with Crippen LogP contribution in [0, 0.1) is 0 Å². The van der Waals surface area contributed by atoms with Crippen LogP contribution in [0.2, 0.25) is 0 Å². The van der Waals surface area contributed by atoms with Gasteiger partial charge in [-0.1, -0.05) is 0 Å². The van der Waals surface area contributed by atoms with Crippen molar-refractivity contribution in [1.29, 1.82) is 0 Å². The first kappa shape index (κ1) is 49.9. The predicted octanol–water partition coefficient (Wildman–Crippen LogP) is -2.89. The van der Waals surface area contributed by atoms with Gasteiger partial charge in [0.15, 0.2) is 0 Å². The zero-order valence-corrected chi connectivity index (χ0v) is 10.7. The molecule has 0 bridgehead atoms. The topological polar surface area (TPSA) is 141 Å². The summed E-state index contributed by atoms with van der Waals surface area (Å²) in [5.74, 6) is 0. The van der Waals surface area contributed by atoms with Gasteiger partial charge < -0.3 is 31.3 Å². The van der Waals surface area contributed by atoms with Crippen LogP contribution in [0.25, 0.3) is 0 Å². The number of hydrogen-bond donors (Lipinski definition) is 3. The molecule has 0 aromatic heterocycles. The van der Waals surface area contributed by atoms with Crippen LogP contribution in [0.4, 0.5) is 0 Å². The minimum atomic E-state index is -4.64. The van der Waals surface area contributed by atoms with Crippen molar-refractivity contribution in [1.82, 2.24) is 0 Å². The second-order valence-corrected chi connectivity index (χ2v) is 1.54. The first-order valence-corrected chi connectivity index (χ1v) is 2.35. The summed E-state index contributed by atoms with van der Waals surface area (Å²) in [6, 6.07) is 0. The molecular weight excluding hydrogens is 287 g/mol. The van der Waals surface area contributed by atoms with Gasteiger partial charge in [0.05, 0.1) is 0 Å². The van der Waals surface area contributed by atoms with E-state index in [2.05, 4.69) is 0 Å². The van der Waals surface area contributed by atoms with E-state index in [1.807, 2.05) is 0 Å². The molecule has 0 heterocycles. The minimum Gasteiger partial charge on any atom is -1.00 e. The summed E-state index contributed by atoms with van der Waals surface area (Å²) in [4.78, 5) is 21.6. The average Bonchev–Trinajstić information content (AvgIpc) is 0.722. The van der Waals surface area contributed by atoms with E-state index < -0.39 is 7.82 Å². The molecule has 0 saturated heterocycles. The smallest absolute Gasteiger partial charge is 1.00 e. The molecule has 0 spiro atoms. The Kier molecular flexibility index (Phi) is 104. The SMILES string of the molecule is O.O.O=P(O)(O)O.[Be+2].[Ca+2].[Fe].[H-].[H-].[H-].[H-].[Mn].